The highest BCUT2D eigenvalue weighted by Crippen LogP contribution is 2.25. The van der Waals surface area contributed by atoms with Crippen LogP contribution in [0.3, 0.4) is 0 Å². The van der Waals surface area contributed by atoms with Crippen LogP contribution in [-0.4, -0.2) is 5.91 Å². The summed E-state index contributed by atoms with van der Waals surface area (Å²) in [6.07, 6.45) is 0. The van der Waals surface area contributed by atoms with Crippen molar-refractivity contribution in [3.05, 3.63) is 44.6 Å². The van der Waals surface area contributed by atoms with E-state index in [4.69, 9.17) is 17.3 Å². The van der Waals surface area contributed by atoms with Crippen molar-refractivity contribution in [2.24, 2.45) is 0 Å². The molecule has 0 aliphatic rings. The first-order valence-electron chi connectivity index (χ1n) is 5.41. The summed E-state index contributed by atoms with van der Waals surface area (Å²) in [7, 11) is 0. The maximum atomic E-state index is 12.0. The summed E-state index contributed by atoms with van der Waals surface area (Å²) in [6.45, 7) is 3.80. The second-order valence-electron chi connectivity index (χ2n) is 4.04. The van der Waals surface area contributed by atoms with Gasteiger partial charge in [-0.25, -0.2) is 0 Å². The Labute approximate surface area is 115 Å². The molecule has 0 bridgehead atoms. The van der Waals surface area contributed by atoms with Crippen LogP contribution in [0.25, 0.3) is 0 Å². The lowest BCUT2D eigenvalue weighted by molar-refractivity contribution is 0.103. The van der Waals surface area contributed by atoms with E-state index in [1.54, 1.807) is 12.1 Å². The first kappa shape index (κ1) is 12.9. The van der Waals surface area contributed by atoms with Crippen LogP contribution < -0.4 is 11.1 Å². The number of nitrogens with one attached hydrogen (secondary N) is 1. The zero-order valence-electron chi connectivity index (χ0n) is 10.1. The van der Waals surface area contributed by atoms with Crippen molar-refractivity contribution in [2.45, 2.75) is 13.8 Å². The fraction of sp³-hybridized carbons (Fsp3) is 0.154. The molecule has 0 saturated heterocycles. The van der Waals surface area contributed by atoms with Gasteiger partial charge < -0.3 is 11.1 Å². The SMILES string of the molecule is Cc1ccc(NC(=O)c2cc(N)c(C)s2)cc1Cl. The quantitative estimate of drug-likeness (QED) is 0.878. The molecule has 1 heterocycles. The summed E-state index contributed by atoms with van der Waals surface area (Å²) in [5.41, 5.74) is 8.03. The number of amides is 1. The van der Waals surface area contributed by atoms with Crippen LogP contribution in [0.4, 0.5) is 11.4 Å². The third-order valence-corrected chi connectivity index (χ3v) is 4.08. The van der Waals surface area contributed by atoms with Gasteiger partial charge in [0.15, 0.2) is 0 Å². The summed E-state index contributed by atoms with van der Waals surface area (Å²) in [5, 5.41) is 3.43. The number of halogens is 1. The summed E-state index contributed by atoms with van der Waals surface area (Å²) < 4.78 is 0. The number of hydrogen-bond donors (Lipinski definition) is 2. The van der Waals surface area contributed by atoms with Crippen LogP contribution in [0.15, 0.2) is 24.3 Å². The topological polar surface area (TPSA) is 55.1 Å². The molecule has 2 rings (SSSR count). The minimum atomic E-state index is -0.167. The van der Waals surface area contributed by atoms with Gasteiger partial charge >= 0.3 is 0 Å². The lowest BCUT2D eigenvalue weighted by Gasteiger charge is -2.05. The normalized spacial score (nSPS) is 10.4. The van der Waals surface area contributed by atoms with Crippen molar-refractivity contribution >= 4 is 40.2 Å². The second-order valence-corrected chi connectivity index (χ2v) is 5.70. The smallest absolute Gasteiger partial charge is 0.265 e. The fourth-order valence-electron chi connectivity index (χ4n) is 1.47. The van der Waals surface area contributed by atoms with Gasteiger partial charge in [0.1, 0.15) is 0 Å². The summed E-state index contributed by atoms with van der Waals surface area (Å²) in [6, 6.07) is 7.11. The predicted molar refractivity (Wildman–Crippen MR) is 77.6 cm³/mol. The minimum absolute atomic E-state index is 0.167. The molecule has 1 aromatic carbocycles. The largest absolute Gasteiger partial charge is 0.398 e. The van der Waals surface area contributed by atoms with Gasteiger partial charge in [-0.05, 0) is 37.6 Å². The maximum Gasteiger partial charge on any atom is 0.265 e. The van der Waals surface area contributed by atoms with Crippen molar-refractivity contribution in [3.63, 3.8) is 0 Å². The third-order valence-electron chi connectivity index (χ3n) is 2.61. The van der Waals surface area contributed by atoms with Gasteiger partial charge in [0.25, 0.3) is 5.91 Å². The molecule has 3 nitrogen and oxygen atoms in total. The molecule has 5 heteroatoms. The van der Waals surface area contributed by atoms with E-state index >= 15 is 0 Å². The van der Waals surface area contributed by atoms with Crippen LogP contribution >= 0.6 is 22.9 Å². The van der Waals surface area contributed by atoms with E-state index in [-0.39, 0.29) is 5.91 Å². The molecule has 0 aliphatic heterocycles. The van der Waals surface area contributed by atoms with Crippen molar-refractivity contribution in [2.75, 3.05) is 11.1 Å². The van der Waals surface area contributed by atoms with E-state index in [9.17, 15) is 4.79 Å². The standard InChI is InChI=1S/C13H13ClN2OS/c1-7-3-4-9(5-10(7)14)16-13(17)12-6-11(15)8(2)18-12/h3-6H,15H2,1-2H3,(H,16,17). The van der Waals surface area contributed by atoms with Crippen LogP contribution in [0.5, 0.6) is 0 Å². The van der Waals surface area contributed by atoms with Crippen molar-refractivity contribution in [1.29, 1.82) is 0 Å². The van der Waals surface area contributed by atoms with Gasteiger partial charge in [-0.15, -0.1) is 11.3 Å². The van der Waals surface area contributed by atoms with Crippen molar-refractivity contribution in [1.82, 2.24) is 0 Å². The van der Waals surface area contributed by atoms with Crippen LogP contribution in [0.1, 0.15) is 20.1 Å². The van der Waals surface area contributed by atoms with Crippen molar-refractivity contribution < 1.29 is 4.79 Å². The monoisotopic (exact) mass is 280 g/mol. The molecule has 1 amide bonds. The van der Waals surface area contributed by atoms with Crippen LogP contribution in [0, 0.1) is 13.8 Å². The fourth-order valence-corrected chi connectivity index (χ4v) is 2.49. The van der Waals surface area contributed by atoms with Gasteiger partial charge in [0.05, 0.1) is 4.88 Å². The molecule has 0 atom stereocenters. The molecule has 0 unspecified atom stereocenters. The van der Waals surface area contributed by atoms with Gasteiger partial charge in [0, 0.05) is 21.3 Å². The van der Waals surface area contributed by atoms with E-state index in [1.165, 1.54) is 11.3 Å². The Balaban J connectivity index is 2.18. The van der Waals surface area contributed by atoms with Crippen LogP contribution in [-0.2, 0) is 0 Å². The second kappa shape index (κ2) is 5.00. The number of aryl methyl sites for hydroxylation is 2. The van der Waals surface area contributed by atoms with E-state index < -0.39 is 0 Å². The first-order valence-corrected chi connectivity index (χ1v) is 6.60. The number of nitrogen functional groups attached to an aromatic ring is 1. The molecule has 94 valence electrons. The Hall–Kier alpha value is -1.52. The maximum absolute atomic E-state index is 12.0. The van der Waals surface area contributed by atoms with E-state index in [0.717, 1.165) is 10.4 Å². The number of carbonyl (C=O) groups excluding carboxylic acids is 1. The number of thiophene rings is 1. The van der Waals surface area contributed by atoms with E-state index in [2.05, 4.69) is 5.32 Å². The van der Waals surface area contributed by atoms with Crippen LogP contribution in [0.2, 0.25) is 5.02 Å². The Morgan fingerprint density at radius 3 is 2.61 bits per heavy atom. The molecule has 0 fully saturated rings. The number of anilines is 2. The number of benzene rings is 1. The number of rotatable bonds is 2. The zero-order valence-corrected chi connectivity index (χ0v) is 11.7. The highest BCUT2D eigenvalue weighted by molar-refractivity contribution is 7.14. The first-order chi connectivity index (χ1) is 8.47. The Morgan fingerprint density at radius 1 is 1.33 bits per heavy atom. The lowest BCUT2D eigenvalue weighted by Crippen LogP contribution is -2.10. The Morgan fingerprint density at radius 2 is 2.06 bits per heavy atom. The zero-order chi connectivity index (χ0) is 13.3. The lowest BCUT2D eigenvalue weighted by atomic mass is 10.2. The predicted octanol–water partition coefficient (Wildman–Crippen LogP) is 3.85. The van der Waals surface area contributed by atoms with Gasteiger partial charge in [-0.2, -0.15) is 0 Å². The van der Waals surface area contributed by atoms with E-state index in [1.807, 2.05) is 26.0 Å². The molecule has 0 aliphatic carbocycles. The molecule has 1 aromatic heterocycles. The van der Waals surface area contributed by atoms with Gasteiger partial charge in [-0.1, -0.05) is 17.7 Å². The van der Waals surface area contributed by atoms with Gasteiger partial charge in [0.2, 0.25) is 0 Å². The highest BCUT2D eigenvalue weighted by Gasteiger charge is 2.11. The summed E-state index contributed by atoms with van der Waals surface area (Å²) in [5.74, 6) is -0.167. The molecular weight excluding hydrogens is 268 g/mol. The summed E-state index contributed by atoms with van der Waals surface area (Å²) >= 11 is 7.38. The third kappa shape index (κ3) is 2.66. The number of nitrogens with two attached hydrogens (primary N) is 1. The highest BCUT2D eigenvalue weighted by atomic mass is 35.5. The Bertz CT molecular complexity index is 588. The molecule has 0 saturated carbocycles. The van der Waals surface area contributed by atoms with E-state index in [0.29, 0.717) is 21.3 Å². The Kier molecular flexibility index (Phi) is 3.59. The van der Waals surface area contributed by atoms with Crippen molar-refractivity contribution in [3.8, 4) is 0 Å². The average Bonchev–Trinajstić information content (AvgIpc) is 2.65. The number of hydrogen-bond acceptors (Lipinski definition) is 3. The molecule has 3 N–H and O–H groups in total. The molecule has 2 aromatic rings. The average molecular weight is 281 g/mol. The molecule has 0 radical (unpaired) electrons. The minimum Gasteiger partial charge on any atom is -0.398 e. The van der Waals surface area contributed by atoms with Gasteiger partial charge in [-0.3, -0.25) is 4.79 Å². The molecular formula is C13H13ClN2OS. The summed E-state index contributed by atoms with van der Waals surface area (Å²) in [4.78, 5) is 13.5. The molecule has 18 heavy (non-hydrogen) atoms. The number of carbonyl (C=O) groups is 1. The molecule has 0 spiro atoms.